The minimum atomic E-state index is -0.312. The molecule has 2 aromatic carbocycles. The number of nitrogens with one attached hydrogen (secondary N) is 2. The second-order valence-electron chi connectivity index (χ2n) is 7.94. The minimum absolute atomic E-state index is 0.0110. The van der Waals surface area contributed by atoms with Crippen LogP contribution in [0, 0.1) is 0 Å². The zero-order chi connectivity index (χ0) is 21.0. The first-order valence-corrected chi connectivity index (χ1v) is 9.49. The first kappa shape index (κ1) is 20.3. The van der Waals surface area contributed by atoms with Crippen LogP contribution >= 0.6 is 0 Å². The maximum atomic E-state index is 12.6. The van der Waals surface area contributed by atoms with Gasteiger partial charge in [0.2, 0.25) is 0 Å². The van der Waals surface area contributed by atoms with Crippen molar-refractivity contribution in [3.63, 3.8) is 0 Å². The van der Waals surface area contributed by atoms with E-state index in [1.165, 1.54) is 12.5 Å². The van der Waals surface area contributed by atoms with Crippen LogP contribution in [-0.4, -0.2) is 16.7 Å². The monoisotopic (exact) mass is 387 g/mol. The van der Waals surface area contributed by atoms with Crippen LogP contribution in [0.5, 0.6) is 0 Å². The van der Waals surface area contributed by atoms with Crippen molar-refractivity contribution in [3.8, 4) is 0 Å². The van der Waals surface area contributed by atoms with Crippen molar-refractivity contribution in [2.24, 2.45) is 0 Å². The highest BCUT2D eigenvalue weighted by Crippen LogP contribution is 2.31. The van der Waals surface area contributed by atoms with Gasteiger partial charge in [0.15, 0.2) is 5.78 Å². The Balaban J connectivity index is 1.78. The largest absolute Gasteiger partial charge is 0.355 e. The molecular formula is C24H25N3O2. The highest BCUT2D eigenvalue weighted by Gasteiger charge is 2.18. The lowest BCUT2D eigenvalue weighted by Gasteiger charge is -2.23. The Hall–Kier alpha value is -3.47. The predicted octanol–water partition coefficient (Wildman–Crippen LogP) is 5.58. The van der Waals surface area contributed by atoms with E-state index < -0.39 is 0 Å². The van der Waals surface area contributed by atoms with Crippen LogP contribution in [0.15, 0.2) is 66.9 Å². The quantitative estimate of drug-likeness (QED) is 0.561. The molecular weight excluding hydrogens is 362 g/mol. The second-order valence-corrected chi connectivity index (χ2v) is 7.94. The third-order valence-corrected chi connectivity index (χ3v) is 4.56. The summed E-state index contributed by atoms with van der Waals surface area (Å²) < 4.78 is 0. The number of amides is 1. The number of rotatable bonds is 5. The number of aromatic nitrogens is 1. The molecule has 0 saturated carbocycles. The highest BCUT2D eigenvalue weighted by atomic mass is 16.2. The van der Waals surface area contributed by atoms with Crippen molar-refractivity contribution in [1.29, 1.82) is 0 Å². The lowest BCUT2D eigenvalue weighted by atomic mass is 9.86. The van der Waals surface area contributed by atoms with Crippen LogP contribution in [0.1, 0.15) is 54.1 Å². The summed E-state index contributed by atoms with van der Waals surface area (Å²) in [4.78, 5) is 28.2. The van der Waals surface area contributed by atoms with Gasteiger partial charge in [-0.1, -0.05) is 39.0 Å². The summed E-state index contributed by atoms with van der Waals surface area (Å²) in [6, 6.07) is 18.5. The maximum absolute atomic E-state index is 12.6. The molecule has 1 heterocycles. The summed E-state index contributed by atoms with van der Waals surface area (Å²) in [6.07, 6.45) is 1.61. The molecule has 2 N–H and O–H groups in total. The number of carbonyl (C=O) groups excluding carboxylic acids is 2. The van der Waals surface area contributed by atoms with Gasteiger partial charge in [0.25, 0.3) is 5.91 Å². The van der Waals surface area contributed by atoms with E-state index >= 15 is 0 Å². The van der Waals surface area contributed by atoms with Crippen LogP contribution in [0.2, 0.25) is 0 Å². The van der Waals surface area contributed by atoms with Gasteiger partial charge in [0.1, 0.15) is 5.69 Å². The first-order valence-electron chi connectivity index (χ1n) is 9.49. The van der Waals surface area contributed by atoms with Crippen LogP contribution in [0.25, 0.3) is 0 Å². The third-order valence-electron chi connectivity index (χ3n) is 4.56. The maximum Gasteiger partial charge on any atom is 0.274 e. The lowest BCUT2D eigenvalue weighted by Crippen LogP contribution is -2.15. The Morgan fingerprint density at radius 2 is 1.59 bits per heavy atom. The van der Waals surface area contributed by atoms with Gasteiger partial charge in [-0.15, -0.1) is 0 Å². The van der Waals surface area contributed by atoms with E-state index in [4.69, 9.17) is 0 Å². The molecule has 1 aromatic heterocycles. The molecule has 0 saturated heterocycles. The average Bonchev–Trinajstić information content (AvgIpc) is 2.68. The molecule has 0 fully saturated rings. The third kappa shape index (κ3) is 5.08. The number of benzene rings is 2. The number of carbonyl (C=O) groups is 2. The zero-order valence-corrected chi connectivity index (χ0v) is 17.1. The molecule has 0 aliphatic rings. The van der Waals surface area contributed by atoms with Gasteiger partial charge in [-0.3, -0.25) is 14.6 Å². The summed E-state index contributed by atoms with van der Waals surface area (Å²) in [7, 11) is 0. The molecule has 1 amide bonds. The predicted molar refractivity (Wildman–Crippen MR) is 117 cm³/mol. The van der Waals surface area contributed by atoms with Crippen molar-refractivity contribution < 1.29 is 9.59 Å². The summed E-state index contributed by atoms with van der Waals surface area (Å²) in [5, 5.41) is 6.21. The number of hydrogen-bond acceptors (Lipinski definition) is 4. The SMILES string of the molecule is CC(=O)c1ccc(NC(=O)c2cc(Nc3ccccc3C(C)(C)C)ccn2)cc1. The Morgan fingerprint density at radius 1 is 0.897 bits per heavy atom. The second kappa shape index (κ2) is 8.27. The van der Waals surface area contributed by atoms with Gasteiger partial charge in [-0.05, 0) is 60.4 Å². The molecule has 148 valence electrons. The molecule has 0 aliphatic heterocycles. The van der Waals surface area contributed by atoms with E-state index in [9.17, 15) is 9.59 Å². The number of pyridine rings is 1. The topological polar surface area (TPSA) is 71.1 Å². The van der Waals surface area contributed by atoms with Crippen molar-refractivity contribution in [2.45, 2.75) is 33.1 Å². The van der Waals surface area contributed by atoms with Crippen molar-refractivity contribution >= 4 is 28.8 Å². The van der Waals surface area contributed by atoms with Crippen LogP contribution in [0.3, 0.4) is 0 Å². The highest BCUT2D eigenvalue weighted by molar-refractivity contribution is 6.03. The van der Waals surface area contributed by atoms with E-state index in [2.05, 4.69) is 42.5 Å². The molecule has 29 heavy (non-hydrogen) atoms. The van der Waals surface area contributed by atoms with Crippen LogP contribution < -0.4 is 10.6 Å². The molecule has 5 nitrogen and oxygen atoms in total. The molecule has 0 aliphatic carbocycles. The fourth-order valence-electron chi connectivity index (χ4n) is 3.02. The minimum Gasteiger partial charge on any atom is -0.355 e. The van der Waals surface area contributed by atoms with Crippen molar-refractivity contribution in [1.82, 2.24) is 4.98 Å². The van der Waals surface area contributed by atoms with Gasteiger partial charge >= 0.3 is 0 Å². The summed E-state index contributed by atoms with van der Waals surface area (Å²) in [6.45, 7) is 8.00. The average molecular weight is 387 g/mol. The van der Waals surface area contributed by atoms with E-state index in [-0.39, 0.29) is 17.1 Å². The molecule has 0 atom stereocenters. The van der Waals surface area contributed by atoms with E-state index in [1.807, 2.05) is 24.3 Å². The van der Waals surface area contributed by atoms with Crippen molar-refractivity contribution in [3.05, 3.63) is 83.7 Å². The summed E-state index contributed by atoms with van der Waals surface area (Å²) >= 11 is 0. The van der Waals surface area contributed by atoms with Gasteiger partial charge in [-0.25, -0.2) is 0 Å². The smallest absolute Gasteiger partial charge is 0.274 e. The number of Topliss-reactive ketones (excluding diaryl/α,β-unsaturated/α-hetero) is 1. The number of anilines is 3. The van der Waals surface area contributed by atoms with Gasteiger partial charge < -0.3 is 10.6 Å². The Morgan fingerprint density at radius 3 is 2.24 bits per heavy atom. The fourth-order valence-corrected chi connectivity index (χ4v) is 3.02. The van der Waals surface area contributed by atoms with Gasteiger partial charge in [0.05, 0.1) is 0 Å². The number of hydrogen-bond donors (Lipinski definition) is 2. The normalized spacial score (nSPS) is 11.0. The molecule has 3 rings (SSSR count). The standard InChI is InChI=1S/C24H25N3O2/c1-16(28)17-9-11-18(12-10-17)27-23(29)22-15-19(13-14-25-22)26-21-8-6-5-7-20(21)24(2,3)4/h5-15H,1-4H3,(H,25,26)(H,27,29). The van der Waals surface area contributed by atoms with Crippen LogP contribution in [0.4, 0.5) is 17.1 Å². The zero-order valence-electron chi connectivity index (χ0n) is 17.1. The lowest BCUT2D eigenvalue weighted by molar-refractivity contribution is 0.101. The Bertz CT molecular complexity index is 1030. The number of para-hydroxylation sites is 1. The summed E-state index contributed by atoms with van der Waals surface area (Å²) in [5.41, 5.74) is 4.48. The first-order chi connectivity index (χ1) is 13.7. The molecule has 3 aromatic rings. The van der Waals surface area contributed by atoms with Gasteiger partial charge in [0, 0.05) is 28.8 Å². The Kier molecular flexibility index (Phi) is 5.78. The molecule has 0 radical (unpaired) electrons. The summed E-state index contributed by atoms with van der Waals surface area (Å²) in [5.74, 6) is -0.327. The number of ketones is 1. The molecule has 0 unspecified atom stereocenters. The molecule has 0 spiro atoms. The van der Waals surface area contributed by atoms with E-state index in [0.717, 1.165) is 11.4 Å². The van der Waals surface area contributed by atoms with Gasteiger partial charge in [-0.2, -0.15) is 0 Å². The van der Waals surface area contributed by atoms with Crippen LogP contribution in [-0.2, 0) is 5.41 Å². The van der Waals surface area contributed by atoms with Crippen molar-refractivity contribution in [2.75, 3.05) is 10.6 Å². The van der Waals surface area contributed by atoms with E-state index in [1.54, 1.807) is 36.5 Å². The molecule has 5 heteroatoms. The fraction of sp³-hybridized carbons (Fsp3) is 0.208. The Labute approximate surface area is 171 Å². The van der Waals surface area contributed by atoms with E-state index in [0.29, 0.717) is 16.9 Å². The molecule has 0 bridgehead atoms. The number of nitrogens with zero attached hydrogens (tertiary/aromatic N) is 1.